The summed E-state index contributed by atoms with van der Waals surface area (Å²) in [5.41, 5.74) is -18.2. The van der Waals surface area contributed by atoms with E-state index in [0.717, 1.165) is 0 Å². The number of nitriles is 3. The molecule has 0 radical (unpaired) electrons. The van der Waals surface area contributed by atoms with Crippen molar-refractivity contribution in [2.24, 2.45) is 16.2 Å². The van der Waals surface area contributed by atoms with E-state index in [1.807, 2.05) is 0 Å². The lowest BCUT2D eigenvalue weighted by Crippen LogP contribution is -2.36. The van der Waals surface area contributed by atoms with Gasteiger partial charge in [-0.2, -0.15) is 94.8 Å². The molecule has 3 aliphatic rings. The number of ether oxygens (including phenoxy) is 3. The monoisotopic (exact) mass is 1120 g/mol. The fourth-order valence-corrected chi connectivity index (χ4v) is 9.19. The quantitative estimate of drug-likeness (QED) is 0.0752. The smallest absolute Gasteiger partial charge is 0.385 e. The summed E-state index contributed by atoms with van der Waals surface area (Å²) in [6.45, 7) is 7.71. The topological polar surface area (TPSA) is 138 Å². The molecule has 0 amide bonds. The van der Waals surface area contributed by atoms with Crippen molar-refractivity contribution in [2.75, 3.05) is 78.9 Å². The predicted molar refractivity (Wildman–Crippen MR) is 237 cm³/mol. The zero-order valence-corrected chi connectivity index (χ0v) is 42.0. The normalized spacial score (nSPS) is 18.6. The van der Waals surface area contributed by atoms with Crippen LogP contribution in [0.4, 0.5) is 79.0 Å². The van der Waals surface area contributed by atoms with Crippen LogP contribution in [0.1, 0.15) is 80.1 Å². The molecule has 76 heavy (non-hydrogen) atoms. The molecule has 0 bridgehead atoms. The highest BCUT2D eigenvalue weighted by Crippen LogP contribution is 2.52. The highest BCUT2D eigenvalue weighted by Gasteiger charge is 2.57. The molecule has 428 valence electrons. The van der Waals surface area contributed by atoms with Crippen LogP contribution in [-0.2, 0) is 14.2 Å². The van der Waals surface area contributed by atoms with Crippen molar-refractivity contribution in [3.05, 3.63) is 67.2 Å². The SMILES string of the molecule is CC1(C)CC(NCCOCCN(CCOCCNC2=C(C#N)C(=C(C(F)(F)F)C(F)(F)F)CC(C)(C)C2)CCOCCNC2=C(C#N)C(=C(C(F)(F)F)C(F)(F)F)CC(C)(C)C2)=C(C#N)C(=C(C(F)(F)F)C(F)(F)F)C1. The lowest BCUT2D eigenvalue weighted by atomic mass is 9.72. The third-order valence-corrected chi connectivity index (χ3v) is 12.1. The maximum Gasteiger partial charge on any atom is 0.421 e. The molecule has 0 fully saturated rings. The van der Waals surface area contributed by atoms with Crippen LogP contribution in [0.15, 0.2) is 67.2 Å². The van der Waals surface area contributed by atoms with Crippen molar-refractivity contribution in [3.63, 3.8) is 0 Å². The Kier molecular flexibility index (Phi) is 21.5. The zero-order chi connectivity index (χ0) is 58.1. The van der Waals surface area contributed by atoms with Crippen molar-refractivity contribution in [1.82, 2.24) is 20.9 Å². The zero-order valence-electron chi connectivity index (χ0n) is 42.0. The van der Waals surface area contributed by atoms with Gasteiger partial charge in [-0.3, -0.25) is 4.90 Å². The number of nitrogens with one attached hydrogen (secondary N) is 3. The first-order chi connectivity index (χ1) is 34.6. The minimum Gasteiger partial charge on any atom is -0.385 e. The fraction of sp³-hybridized carbons (Fsp3) is 0.688. The molecule has 3 aliphatic carbocycles. The lowest BCUT2D eigenvalue weighted by molar-refractivity contribution is -0.175. The second-order valence-electron chi connectivity index (χ2n) is 20.5. The van der Waals surface area contributed by atoms with E-state index in [0.29, 0.717) is 0 Å². The number of nitrogens with zero attached hydrogens (tertiary/aromatic N) is 4. The Balaban J connectivity index is 1.74. The molecular weight excluding hydrogens is 1060 g/mol. The molecule has 0 spiro atoms. The first-order valence-electron chi connectivity index (χ1n) is 23.3. The molecule has 0 aromatic carbocycles. The summed E-state index contributed by atoms with van der Waals surface area (Å²) in [6.07, 6.45) is -37.2. The van der Waals surface area contributed by atoms with Crippen molar-refractivity contribution in [1.29, 1.82) is 15.8 Å². The van der Waals surface area contributed by atoms with Crippen LogP contribution < -0.4 is 16.0 Å². The number of allylic oxidation sites excluding steroid dienone is 12. The summed E-state index contributed by atoms with van der Waals surface area (Å²) in [4.78, 5) is 1.71. The van der Waals surface area contributed by atoms with Crippen LogP contribution in [0.3, 0.4) is 0 Å². The Bertz CT molecular complexity index is 2080. The second kappa shape index (κ2) is 25.1. The van der Waals surface area contributed by atoms with Crippen molar-refractivity contribution >= 4 is 0 Å². The van der Waals surface area contributed by atoms with Crippen LogP contribution in [-0.4, -0.2) is 121 Å². The Hall–Kier alpha value is -5.11. The van der Waals surface area contributed by atoms with E-state index in [4.69, 9.17) is 14.2 Å². The highest BCUT2D eigenvalue weighted by atomic mass is 19.4. The molecular formula is C48H57F18N7O3. The number of alkyl halides is 18. The van der Waals surface area contributed by atoms with Gasteiger partial charge in [-0.15, -0.1) is 0 Å². The number of hydrogen-bond acceptors (Lipinski definition) is 10. The Morgan fingerprint density at radius 3 is 0.789 bits per heavy atom. The van der Waals surface area contributed by atoms with E-state index in [2.05, 4.69) is 16.0 Å². The summed E-state index contributed by atoms with van der Waals surface area (Å²) in [5, 5.41) is 37.3. The van der Waals surface area contributed by atoms with Crippen LogP contribution in [0, 0.1) is 50.2 Å². The van der Waals surface area contributed by atoms with Crippen LogP contribution >= 0.6 is 0 Å². The summed E-state index contributed by atoms with van der Waals surface area (Å²) in [7, 11) is 0. The standard InChI is InChI=1S/C48H57F18N7O3/c1-40(2)19-28(37(43(49,50)51)44(52,53)54)31(25-67)34(22-40)70-7-13-74-16-10-73(11-17-75-14-8-71-35-23-41(3,4)20-29(32(35)26-68)38(45(55,56)57)46(58,59)60)12-18-76-15-9-72-36-24-42(5,6)21-30(33(36)27-69)39(47(61,62)63)48(64,65)66/h70-72H,7-24H2,1-6H3. The van der Waals surface area contributed by atoms with Gasteiger partial charge in [0, 0.05) is 56.4 Å². The first-order valence-corrected chi connectivity index (χ1v) is 23.3. The molecule has 0 saturated carbocycles. The van der Waals surface area contributed by atoms with Gasteiger partial charge in [-0.1, -0.05) is 41.5 Å². The molecule has 0 saturated heterocycles. The highest BCUT2D eigenvalue weighted by molar-refractivity contribution is 5.54. The maximum absolute atomic E-state index is 13.7. The molecule has 0 aromatic rings. The Morgan fingerprint density at radius 2 is 0.605 bits per heavy atom. The van der Waals surface area contributed by atoms with Gasteiger partial charge < -0.3 is 30.2 Å². The number of rotatable bonds is 21. The molecule has 0 aromatic heterocycles. The van der Waals surface area contributed by atoms with E-state index in [1.54, 1.807) is 4.90 Å². The van der Waals surface area contributed by atoms with Crippen molar-refractivity contribution < 1.29 is 93.2 Å². The van der Waals surface area contributed by atoms with Gasteiger partial charge in [-0.05, 0) is 71.5 Å². The molecule has 3 N–H and O–H groups in total. The largest absolute Gasteiger partial charge is 0.421 e. The Labute approximate surface area is 427 Å². The van der Waals surface area contributed by atoms with Gasteiger partial charge in [0.2, 0.25) is 0 Å². The summed E-state index contributed by atoms with van der Waals surface area (Å²) >= 11 is 0. The van der Waals surface area contributed by atoms with Crippen LogP contribution in [0.25, 0.3) is 0 Å². The molecule has 3 rings (SSSR count). The summed E-state index contributed by atoms with van der Waals surface area (Å²) in [6, 6.07) is 4.42. The van der Waals surface area contributed by atoms with Gasteiger partial charge in [0.1, 0.15) is 34.9 Å². The van der Waals surface area contributed by atoms with E-state index in [1.165, 1.54) is 59.8 Å². The lowest BCUT2D eigenvalue weighted by Gasteiger charge is -2.35. The number of hydrogen-bond donors (Lipinski definition) is 3. The minimum absolute atomic E-state index is 0.0684. The van der Waals surface area contributed by atoms with Gasteiger partial charge in [-0.25, -0.2) is 0 Å². The number of halogens is 18. The fourth-order valence-electron chi connectivity index (χ4n) is 9.19. The van der Waals surface area contributed by atoms with Crippen LogP contribution in [0.5, 0.6) is 0 Å². The summed E-state index contributed by atoms with van der Waals surface area (Å²) in [5.74, 6) is 0. The summed E-state index contributed by atoms with van der Waals surface area (Å²) < 4.78 is 264. The average molecular weight is 1120 g/mol. The van der Waals surface area contributed by atoms with E-state index in [9.17, 15) is 94.8 Å². The van der Waals surface area contributed by atoms with Gasteiger partial charge in [0.05, 0.1) is 56.4 Å². The van der Waals surface area contributed by atoms with Crippen molar-refractivity contribution in [2.45, 2.75) is 117 Å². The van der Waals surface area contributed by atoms with Gasteiger partial charge in [0.15, 0.2) is 0 Å². The molecule has 0 heterocycles. The van der Waals surface area contributed by atoms with E-state index < -0.39 is 123 Å². The van der Waals surface area contributed by atoms with E-state index in [-0.39, 0.29) is 115 Å². The molecule has 0 aliphatic heterocycles. The third kappa shape index (κ3) is 18.8. The molecule has 28 heteroatoms. The first kappa shape index (κ1) is 65.2. The van der Waals surface area contributed by atoms with Gasteiger partial charge >= 0.3 is 37.1 Å². The van der Waals surface area contributed by atoms with E-state index >= 15 is 0 Å². The van der Waals surface area contributed by atoms with Crippen LogP contribution in [0.2, 0.25) is 0 Å². The molecule has 0 atom stereocenters. The Morgan fingerprint density at radius 1 is 0.395 bits per heavy atom. The predicted octanol–water partition coefficient (Wildman–Crippen LogP) is 12.2. The van der Waals surface area contributed by atoms with Crippen molar-refractivity contribution in [3.8, 4) is 18.2 Å². The minimum atomic E-state index is -5.82. The maximum atomic E-state index is 13.7. The average Bonchev–Trinajstić information content (AvgIpc) is 3.19. The molecule has 10 nitrogen and oxygen atoms in total. The third-order valence-electron chi connectivity index (χ3n) is 12.1. The second-order valence-corrected chi connectivity index (χ2v) is 20.5. The molecule has 0 unspecified atom stereocenters. The van der Waals surface area contributed by atoms with Gasteiger partial charge in [0.25, 0.3) is 0 Å².